The van der Waals surface area contributed by atoms with Crippen LogP contribution in [0.2, 0.25) is 0 Å². The topological polar surface area (TPSA) is 38.5 Å². The molecule has 3 nitrogen and oxygen atoms in total. The lowest BCUT2D eigenvalue weighted by Gasteiger charge is -2.15. The highest BCUT2D eigenvalue weighted by molar-refractivity contribution is 5.43. The van der Waals surface area contributed by atoms with Gasteiger partial charge in [0, 0.05) is 24.8 Å². The summed E-state index contributed by atoms with van der Waals surface area (Å²) < 4.78 is 5.66. The average molecular weight is 220 g/mol. The molecule has 0 aromatic heterocycles. The fourth-order valence-electron chi connectivity index (χ4n) is 2.13. The normalized spacial score (nSPS) is 21.2. The van der Waals surface area contributed by atoms with Crippen LogP contribution in [-0.4, -0.2) is 31.1 Å². The molecule has 0 radical (unpaired) electrons. The van der Waals surface area contributed by atoms with Gasteiger partial charge in [0.05, 0.1) is 0 Å². The average Bonchev–Trinajstić information content (AvgIpc) is 2.64. The van der Waals surface area contributed by atoms with Crippen LogP contribution in [0.15, 0.2) is 24.3 Å². The first kappa shape index (κ1) is 11.3. The molecule has 0 spiro atoms. The number of hydrogen-bond donors (Lipinski definition) is 1. The van der Waals surface area contributed by atoms with Crippen molar-refractivity contribution in [3.63, 3.8) is 0 Å². The van der Waals surface area contributed by atoms with E-state index in [1.54, 1.807) is 0 Å². The zero-order valence-corrected chi connectivity index (χ0v) is 9.86. The Balaban J connectivity index is 1.72. The molecular formula is C13H20N2O. The van der Waals surface area contributed by atoms with Crippen molar-refractivity contribution in [1.29, 1.82) is 0 Å². The van der Waals surface area contributed by atoms with Crippen molar-refractivity contribution in [3.8, 4) is 5.75 Å². The van der Waals surface area contributed by atoms with Crippen LogP contribution in [0.4, 0.5) is 5.69 Å². The number of likely N-dealkylation sites (tertiary alicyclic amines) is 1. The van der Waals surface area contributed by atoms with Crippen molar-refractivity contribution in [2.45, 2.75) is 13.3 Å². The number of nitrogens with zero attached hydrogens (tertiary/aromatic N) is 1. The number of benzene rings is 1. The molecule has 2 N–H and O–H groups in total. The van der Waals surface area contributed by atoms with E-state index in [2.05, 4.69) is 11.8 Å². The van der Waals surface area contributed by atoms with Gasteiger partial charge < -0.3 is 10.5 Å². The Morgan fingerprint density at radius 2 is 2.38 bits per heavy atom. The Morgan fingerprint density at radius 1 is 1.50 bits per heavy atom. The molecule has 2 rings (SSSR count). The number of nitrogen functional groups attached to an aromatic ring is 1. The van der Waals surface area contributed by atoms with Crippen LogP contribution in [0.1, 0.15) is 13.3 Å². The van der Waals surface area contributed by atoms with E-state index in [0.717, 1.165) is 30.5 Å². The molecule has 1 aromatic carbocycles. The monoisotopic (exact) mass is 220 g/mol. The van der Waals surface area contributed by atoms with Crippen molar-refractivity contribution in [3.05, 3.63) is 24.3 Å². The summed E-state index contributed by atoms with van der Waals surface area (Å²) in [6.45, 7) is 6.48. The van der Waals surface area contributed by atoms with Gasteiger partial charge in [0.15, 0.2) is 0 Å². The predicted octanol–water partition coefficient (Wildman–Crippen LogP) is 1.99. The Morgan fingerprint density at radius 3 is 3.06 bits per heavy atom. The fourth-order valence-corrected chi connectivity index (χ4v) is 2.13. The summed E-state index contributed by atoms with van der Waals surface area (Å²) in [5, 5.41) is 0. The van der Waals surface area contributed by atoms with Crippen LogP contribution in [-0.2, 0) is 0 Å². The first-order chi connectivity index (χ1) is 7.74. The molecule has 88 valence electrons. The van der Waals surface area contributed by atoms with Gasteiger partial charge >= 0.3 is 0 Å². The predicted molar refractivity (Wildman–Crippen MR) is 66.6 cm³/mol. The second-order valence-electron chi connectivity index (χ2n) is 4.62. The summed E-state index contributed by atoms with van der Waals surface area (Å²) in [4.78, 5) is 2.46. The molecule has 1 heterocycles. The summed E-state index contributed by atoms with van der Waals surface area (Å²) in [7, 11) is 0. The first-order valence-electron chi connectivity index (χ1n) is 5.95. The summed E-state index contributed by atoms with van der Waals surface area (Å²) in [5.74, 6) is 1.71. The second-order valence-corrected chi connectivity index (χ2v) is 4.62. The standard InChI is InChI=1S/C13H20N2O/c1-11-5-6-15(10-11)7-8-16-13-4-2-3-12(14)9-13/h2-4,9,11H,5-8,10,14H2,1H3. The van der Waals surface area contributed by atoms with Crippen molar-refractivity contribution >= 4 is 5.69 Å². The molecule has 0 saturated carbocycles. The van der Waals surface area contributed by atoms with Gasteiger partial charge in [-0.2, -0.15) is 0 Å². The van der Waals surface area contributed by atoms with Gasteiger partial charge in [-0.25, -0.2) is 0 Å². The molecule has 0 bridgehead atoms. The van der Waals surface area contributed by atoms with E-state index in [-0.39, 0.29) is 0 Å². The third-order valence-corrected chi connectivity index (χ3v) is 3.04. The number of nitrogens with two attached hydrogens (primary N) is 1. The molecule has 1 aliphatic heterocycles. The smallest absolute Gasteiger partial charge is 0.121 e. The summed E-state index contributed by atoms with van der Waals surface area (Å²) in [6, 6.07) is 7.60. The molecule has 3 heteroatoms. The Labute approximate surface area is 97.2 Å². The maximum absolute atomic E-state index is 5.68. The van der Waals surface area contributed by atoms with Crippen LogP contribution in [0.5, 0.6) is 5.75 Å². The van der Waals surface area contributed by atoms with Crippen molar-refractivity contribution in [2.75, 3.05) is 32.0 Å². The Bertz CT molecular complexity index is 340. The molecule has 0 amide bonds. The van der Waals surface area contributed by atoms with E-state index in [9.17, 15) is 0 Å². The third-order valence-electron chi connectivity index (χ3n) is 3.04. The van der Waals surface area contributed by atoms with E-state index < -0.39 is 0 Å². The van der Waals surface area contributed by atoms with Crippen LogP contribution in [0, 0.1) is 5.92 Å². The highest BCUT2D eigenvalue weighted by Gasteiger charge is 2.17. The molecule has 0 aliphatic carbocycles. The minimum atomic E-state index is 0.746. The van der Waals surface area contributed by atoms with Crippen molar-refractivity contribution in [2.24, 2.45) is 5.92 Å². The van der Waals surface area contributed by atoms with E-state index in [1.165, 1.54) is 19.5 Å². The molecule has 1 aliphatic rings. The summed E-state index contributed by atoms with van der Waals surface area (Å²) in [5.41, 5.74) is 6.44. The van der Waals surface area contributed by atoms with Gasteiger partial charge in [-0.3, -0.25) is 4.90 Å². The molecule has 1 atom stereocenters. The number of hydrogen-bond acceptors (Lipinski definition) is 3. The molecule has 1 unspecified atom stereocenters. The van der Waals surface area contributed by atoms with Crippen molar-refractivity contribution < 1.29 is 4.74 Å². The Kier molecular flexibility index (Phi) is 3.67. The first-order valence-corrected chi connectivity index (χ1v) is 5.95. The van der Waals surface area contributed by atoms with Gasteiger partial charge in [-0.05, 0) is 31.0 Å². The number of rotatable bonds is 4. The maximum atomic E-state index is 5.68. The van der Waals surface area contributed by atoms with Crippen LogP contribution < -0.4 is 10.5 Å². The molecule has 1 fully saturated rings. The van der Waals surface area contributed by atoms with E-state index >= 15 is 0 Å². The second kappa shape index (κ2) is 5.21. The van der Waals surface area contributed by atoms with Gasteiger partial charge in [-0.1, -0.05) is 13.0 Å². The molecular weight excluding hydrogens is 200 g/mol. The quantitative estimate of drug-likeness (QED) is 0.789. The van der Waals surface area contributed by atoms with Gasteiger partial charge in [0.1, 0.15) is 12.4 Å². The van der Waals surface area contributed by atoms with Crippen LogP contribution in [0.3, 0.4) is 0 Å². The third kappa shape index (κ3) is 3.14. The summed E-state index contributed by atoms with van der Waals surface area (Å²) >= 11 is 0. The lowest BCUT2D eigenvalue weighted by molar-refractivity contribution is 0.234. The molecule has 16 heavy (non-hydrogen) atoms. The van der Waals surface area contributed by atoms with Crippen LogP contribution >= 0.6 is 0 Å². The SMILES string of the molecule is CC1CCN(CCOc2cccc(N)c2)C1. The number of ether oxygens (including phenoxy) is 1. The highest BCUT2D eigenvalue weighted by Crippen LogP contribution is 2.16. The largest absolute Gasteiger partial charge is 0.492 e. The minimum absolute atomic E-state index is 0.746. The van der Waals surface area contributed by atoms with Gasteiger partial charge in [0.25, 0.3) is 0 Å². The number of anilines is 1. The Hall–Kier alpha value is -1.22. The maximum Gasteiger partial charge on any atom is 0.121 e. The summed E-state index contributed by atoms with van der Waals surface area (Å²) in [6.07, 6.45) is 1.32. The van der Waals surface area contributed by atoms with E-state index in [0.29, 0.717) is 0 Å². The van der Waals surface area contributed by atoms with E-state index in [4.69, 9.17) is 10.5 Å². The fraction of sp³-hybridized carbons (Fsp3) is 0.538. The van der Waals surface area contributed by atoms with E-state index in [1.807, 2.05) is 24.3 Å². The molecule has 1 saturated heterocycles. The molecule has 1 aromatic rings. The minimum Gasteiger partial charge on any atom is -0.492 e. The highest BCUT2D eigenvalue weighted by atomic mass is 16.5. The van der Waals surface area contributed by atoms with Gasteiger partial charge in [0.2, 0.25) is 0 Å². The van der Waals surface area contributed by atoms with Crippen LogP contribution in [0.25, 0.3) is 0 Å². The van der Waals surface area contributed by atoms with Crippen molar-refractivity contribution in [1.82, 2.24) is 4.90 Å². The lowest BCUT2D eigenvalue weighted by Crippen LogP contribution is -2.25. The zero-order chi connectivity index (χ0) is 11.4. The van der Waals surface area contributed by atoms with Gasteiger partial charge in [-0.15, -0.1) is 0 Å². The zero-order valence-electron chi connectivity index (χ0n) is 9.86. The lowest BCUT2D eigenvalue weighted by atomic mass is 10.2.